The molecule has 0 aliphatic heterocycles. The van der Waals surface area contributed by atoms with E-state index < -0.39 is 11.6 Å². The van der Waals surface area contributed by atoms with Crippen molar-refractivity contribution in [3.05, 3.63) is 53.1 Å². The summed E-state index contributed by atoms with van der Waals surface area (Å²) in [6, 6.07) is 6.75. The first kappa shape index (κ1) is 20.3. The van der Waals surface area contributed by atoms with Gasteiger partial charge in [-0.25, -0.2) is 8.78 Å². The van der Waals surface area contributed by atoms with Crippen molar-refractivity contribution in [1.29, 1.82) is 0 Å². The first-order chi connectivity index (χ1) is 13.0. The van der Waals surface area contributed by atoms with Crippen molar-refractivity contribution in [2.24, 2.45) is 4.99 Å². The zero-order valence-corrected chi connectivity index (χ0v) is 15.5. The molecule has 0 aromatic heterocycles. The van der Waals surface area contributed by atoms with E-state index in [-0.39, 0.29) is 5.75 Å². The van der Waals surface area contributed by atoms with Gasteiger partial charge < -0.3 is 25.2 Å². The number of guanidine groups is 1. The van der Waals surface area contributed by atoms with E-state index in [1.54, 1.807) is 19.2 Å². The highest BCUT2D eigenvalue weighted by Gasteiger charge is 2.11. The lowest BCUT2D eigenvalue weighted by Crippen LogP contribution is -2.37. The van der Waals surface area contributed by atoms with Crippen LogP contribution in [-0.2, 0) is 13.0 Å². The molecule has 27 heavy (non-hydrogen) atoms. The topological polar surface area (TPSA) is 75.1 Å². The van der Waals surface area contributed by atoms with Gasteiger partial charge >= 0.3 is 0 Å². The molecule has 0 heterocycles. The molecule has 2 aromatic carbocycles. The Morgan fingerprint density at radius 3 is 2.33 bits per heavy atom. The first-order valence-electron chi connectivity index (χ1n) is 8.30. The van der Waals surface area contributed by atoms with Crippen molar-refractivity contribution in [1.82, 2.24) is 10.6 Å². The van der Waals surface area contributed by atoms with E-state index in [0.717, 1.165) is 17.7 Å². The molecular weight excluding hydrogens is 356 g/mol. The second-order valence-corrected chi connectivity index (χ2v) is 5.69. The van der Waals surface area contributed by atoms with E-state index in [9.17, 15) is 13.9 Å². The molecule has 0 saturated carbocycles. The third-order valence-corrected chi connectivity index (χ3v) is 3.92. The monoisotopic (exact) mass is 379 g/mol. The van der Waals surface area contributed by atoms with Gasteiger partial charge in [-0.05, 0) is 47.9 Å². The zero-order valence-electron chi connectivity index (χ0n) is 15.5. The number of nitrogens with zero attached hydrogens (tertiary/aromatic N) is 1. The fraction of sp³-hybridized carbons (Fsp3) is 0.316. The first-order valence-corrected chi connectivity index (χ1v) is 8.30. The van der Waals surface area contributed by atoms with Crippen LogP contribution in [0.5, 0.6) is 17.2 Å². The van der Waals surface area contributed by atoms with Crippen molar-refractivity contribution in [2.45, 2.75) is 13.0 Å². The summed E-state index contributed by atoms with van der Waals surface area (Å²) < 4.78 is 37.1. The Bertz CT molecular complexity index is 788. The maximum atomic E-state index is 13.6. The van der Waals surface area contributed by atoms with Crippen LogP contribution in [0.25, 0.3) is 0 Å². The van der Waals surface area contributed by atoms with Gasteiger partial charge in [0.25, 0.3) is 0 Å². The van der Waals surface area contributed by atoms with Crippen LogP contribution in [0.2, 0.25) is 0 Å². The number of aliphatic imine (C=N–C) groups is 1. The Balaban J connectivity index is 1.93. The normalized spacial score (nSPS) is 11.2. The Morgan fingerprint density at radius 2 is 1.74 bits per heavy atom. The highest BCUT2D eigenvalue weighted by Crippen LogP contribution is 2.36. The Morgan fingerprint density at radius 1 is 1.07 bits per heavy atom. The van der Waals surface area contributed by atoms with E-state index in [0.29, 0.717) is 42.5 Å². The van der Waals surface area contributed by atoms with Gasteiger partial charge in [-0.3, -0.25) is 4.99 Å². The Labute approximate surface area is 156 Å². The Hall–Kier alpha value is -3.03. The number of phenolic OH excluding ortho intramolecular Hbond substituents is 1. The van der Waals surface area contributed by atoms with E-state index in [2.05, 4.69) is 15.6 Å². The van der Waals surface area contributed by atoms with Crippen molar-refractivity contribution >= 4 is 5.96 Å². The summed E-state index contributed by atoms with van der Waals surface area (Å²) in [6.45, 7) is 0.767. The van der Waals surface area contributed by atoms with Gasteiger partial charge in [0.05, 0.1) is 14.2 Å². The quantitative estimate of drug-likeness (QED) is 0.509. The maximum absolute atomic E-state index is 13.6. The Kier molecular flexibility index (Phi) is 7.22. The predicted octanol–water partition coefficient (Wildman–Crippen LogP) is 2.60. The zero-order chi connectivity index (χ0) is 19.8. The third-order valence-electron chi connectivity index (χ3n) is 3.92. The molecule has 0 amide bonds. The summed E-state index contributed by atoms with van der Waals surface area (Å²) in [4.78, 5) is 4.09. The van der Waals surface area contributed by atoms with Crippen LogP contribution < -0.4 is 20.1 Å². The van der Waals surface area contributed by atoms with Gasteiger partial charge in [0.2, 0.25) is 5.75 Å². The number of rotatable bonds is 7. The van der Waals surface area contributed by atoms with E-state index in [1.807, 2.05) is 0 Å². The van der Waals surface area contributed by atoms with Crippen LogP contribution in [0, 0.1) is 11.6 Å². The number of methoxy groups -OCH3 is 2. The molecule has 0 bridgehead atoms. The largest absolute Gasteiger partial charge is 0.502 e. The standard InChI is InChI=1S/C19H23F2N3O3/c1-22-19(23-7-6-13-10-14(20)4-5-15(13)21)24-11-12-8-16(26-2)18(25)17(9-12)27-3/h4-5,8-10,25H,6-7,11H2,1-3H3,(H2,22,23,24). The van der Waals surface area contributed by atoms with Crippen LogP contribution in [0.1, 0.15) is 11.1 Å². The summed E-state index contributed by atoms with van der Waals surface area (Å²) in [5.41, 5.74) is 1.10. The molecule has 8 heteroatoms. The molecule has 0 radical (unpaired) electrons. The molecule has 0 spiro atoms. The van der Waals surface area contributed by atoms with Crippen molar-refractivity contribution in [3.63, 3.8) is 0 Å². The number of halogens is 2. The molecule has 0 aliphatic carbocycles. The smallest absolute Gasteiger partial charge is 0.200 e. The number of hydrogen-bond acceptors (Lipinski definition) is 4. The maximum Gasteiger partial charge on any atom is 0.200 e. The van der Waals surface area contributed by atoms with Crippen LogP contribution in [0.3, 0.4) is 0 Å². The van der Waals surface area contributed by atoms with Gasteiger partial charge in [-0.1, -0.05) is 0 Å². The molecular formula is C19H23F2N3O3. The lowest BCUT2D eigenvalue weighted by molar-refractivity contribution is 0.339. The highest BCUT2D eigenvalue weighted by molar-refractivity contribution is 5.79. The molecule has 0 saturated heterocycles. The number of benzene rings is 2. The molecule has 2 aromatic rings. The summed E-state index contributed by atoms with van der Waals surface area (Å²) in [7, 11) is 4.52. The van der Waals surface area contributed by atoms with Gasteiger partial charge in [0.15, 0.2) is 17.5 Å². The fourth-order valence-corrected chi connectivity index (χ4v) is 2.51. The van der Waals surface area contributed by atoms with Crippen LogP contribution in [-0.4, -0.2) is 38.9 Å². The van der Waals surface area contributed by atoms with E-state index in [1.165, 1.54) is 20.3 Å². The lowest BCUT2D eigenvalue weighted by atomic mass is 10.1. The van der Waals surface area contributed by atoms with E-state index in [4.69, 9.17) is 9.47 Å². The molecule has 3 N–H and O–H groups in total. The molecule has 2 rings (SSSR count). The molecule has 0 atom stereocenters. The van der Waals surface area contributed by atoms with Gasteiger partial charge in [-0.2, -0.15) is 0 Å². The average Bonchev–Trinajstić information content (AvgIpc) is 2.67. The number of aromatic hydroxyl groups is 1. The second kappa shape index (κ2) is 9.61. The van der Waals surface area contributed by atoms with Crippen molar-refractivity contribution < 1.29 is 23.4 Å². The summed E-state index contributed by atoms with van der Waals surface area (Å²) in [5.74, 6) is 0.126. The number of ether oxygens (including phenoxy) is 2. The molecule has 0 unspecified atom stereocenters. The number of nitrogens with one attached hydrogen (secondary N) is 2. The summed E-state index contributed by atoms with van der Waals surface area (Å²) in [5, 5.41) is 16.1. The van der Waals surface area contributed by atoms with Gasteiger partial charge in [0, 0.05) is 20.1 Å². The highest BCUT2D eigenvalue weighted by atomic mass is 19.1. The van der Waals surface area contributed by atoms with Crippen molar-refractivity contribution in [2.75, 3.05) is 27.8 Å². The van der Waals surface area contributed by atoms with Gasteiger partial charge in [0.1, 0.15) is 11.6 Å². The fourth-order valence-electron chi connectivity index (χ4n) is 2.51. The molecule has 0 aliphatic rings. The minimum Gasteiger partial charge on any atom is -0.502 e. The summed E-state index contributed by atoms with van der Waals surface area (Å²) in [6.07, 6.45) is 0.311. The number of hydrogen-bond donors (Lipinski definition) is 3. The van der Waals surface area contributed by atoms with Gasteiger partial charge in [-0.15, -0.1) is 0 Å². The van der Waals surface area contributed by atoms with Crippen molar-refractivity contribution in [3.8, 4) is 17.2 Å². The lowest BCUT2D eigenvalue weighted by Gasteiger charge is -2.14. The predicted molar refractivity (Wildman–Crippen MR) is 99.5 cm³/mol. The third kappa shape index (κ3) is 5.47. The average molecular weight is 379 g/mol. The minimum atomic E-state index is -0.468. The SMILES string of the molecule is CN=C(NCCc1cc(F)ccc1F)NCc1cc(OC)c(O)c(OC)c1. The minimum absolute atomic E-state index is 0.0663. The van der Waals surface area contributed by atoms with Crippen LogP contribution in [0.4, 0.5) is 8.78 Å². The molecule has 146 valence electrons. The number of phenols is 1. The van der Waals surface area contributed by atoms with Crippen LogP contribution >= 0.6 is 0 Å². The molecule has 0 fully saturated rings. The summed E-state index contributed by atoms with van der Waals surface area (Å²) >= 11 is 0. The second-order valence-electron chi connectivity index (χ2n) is 5.69. The molecule has 6 nitrogen and oxygen atoms in total. The van der Waals surface area contributed by atoms with E-state index >= 15 is 0 Å². The van der Waals surface area contributed by atoms with Crippen LogP contribution in [0.15, 0.2) is 35.3 Å².